The molecule has 0 rings (SSSR count). The van der Waals surface area contributed by atoms with Crippen LogP contribution in [0.25, 0.3) is 0 Å². The average molecular weight is 188 g/mol. The maximum Gasteiger partial charge on any atom is 0.0859 e. The van der Waals surface area contributed by atoms with Gasteiger partial charge in [-0.2, -0.15) is 0 Å². The standard InChI is InChI=1S/C11H24O2/c1-6-7-13-11(9(4)5)10(12)8(2)3/h8-12H,6-7H2,1-5H3. The molecule has 2 nitrogen and oxygen atoms in total. The minimum atomic E-state index is -0.341. The van der Waals surface area contributed by atoms with Gasteiger partial charge in [0.1, 0.15) is 0 Å². The van der Waals surface area contributed by atoms with Gasteiger partial charge in [-0.1, -0.05) is 34.6 Å². The molecule has 0 aliphatic heterocycles. The fourth-order valence-corrected chi connectivity index (χ4v) is 1.32. The third-order valence-corrected chi connectivity index (χ3v) is 2.19. The number of ether oxygens (including phenoxy) is 1. The van der Waals surface area contributed by atoms with Crippen LogP contribution in [0.1, 0.15) is 41.0 Å². The molecule has 0 aromatic heterocycles. The lowest BCUT2D eigenvalue weighted by atomic mass is 9.94. The summed E-state index contributed by atoms with van der Waals surface area (Å²) >= 11 is 0. The van der Waals surface area contributed by atoms with Gasteiger partial charge in [0.2, 0.25) is 0 Å². The Labute approximate surface area is 82.3 Å². The molecule has 0 fully saturated rings. The first-order chi connectivity index (χ1) is 6.00. The van der Waals surface area contributed by atoms with Crippen LogP contribution in [0.4, 0.5) is 0 Å². The summed E-state index contributed by atoms with van der Waals surface area (Å²) in [6.45, 7) is 11.0. The Hall–Kier alpha value is -0.0800. The van der Waals surface area contributed by atoms with Crippen molar-refractivity contribution in [2.24, 2.45) is 11.8 Å². The van der Waals surface area contributed by atoms with Crippen LogP contribution < -0.4 is 0 Å². The van der Waals surface area contributed by atoms with E-state index < -0.39 is 0 Å². The molecule has 0 spiro atoms. The zero-order valence-electron chi connectivity index (χ0n) is 9.58. The normalized spacial score (nSPS) is 16.6. The van der Waals surface area contributed by atoms with Crippen LogP contribution in [0.15, 0.2) is 0 Å². The molecular weight excluding hydrogens is 164 g/mol. The molecule has 2 atom stereocenters. The Morgan fingerprint density at radius 2 is 1.62 bits per heavy atom. The molecule has 0 bridgehead atoms. The van der Waals surface area contributed by atoms with Gasteiger partial charge in [0.15, 0.2) is 0 Å². The van der Waals surface area contributed by atoms with E-state index in [-0.39, 0.29) is 18.1 Å². The second kappa shape index (κ2) is 6.39. The maximum absolute atomic E-state index is 9.86. The molecule has 0 saturated heterocycles. The first-order valence-electron chi connectivity index (χ1n) is 5.30. The van der Waals surface area contributed by atoms with Crippen molar-refractivity contribution < 1.29 is 9.84 Å². The molecule has 0 radical (unpaired) electrons. The second-order valence-corrected chi connectivity index (χ2v) is 4.31. The van der Waals surface area contributed by atoms with Gasteiger partial charge in [0, 0.05) is 6.61 Å². The van der Waals surface area contributed by atoms with E-state index in [1.165, 1.54) is 0 Å². The van der Waals surface area contributed by atoms with Crippen LogP contribution in [0.5, 0.6) is 0 Å². The van der Waals surface area contributed by atoms with Gasteiger partial charge in [-0.3, -0.25) is 0 Å². The van der Waals surface area contributed by atoms with Gasteiger partial charge in [0.05, 0.1) is 12.2 Å². The summed E-state index contributed by atoms with van der Waals surface area (Å²) in [4.78, 5) is 0. The first kappa shape index (κ1) is 12.9. The highest BCUT2D eigenvalue weighted by Gasteiger charge is 2.25. The van der Waals surface area contributed by atoms with Crippen LogP contribution in [-0.2, 0) is 4.74 Å². The molecule has 0 aliphatic carbocycles. The zero-order chi connectivity index (χ0) is 10.4. The lowest BCUT2D eigenvalue weighted by Crippen LogP contribution is -2.37. The van der Waals surface area contributed by atoms with Crippen molar-refractivity contribution in [1.29, 1.82) is 0 Å². The summed E-state index contributed by atoms with van der Waals surface area (Å²) in [6.07, 6.45) is 0.653. The van der Waals surface area contributed by atoms with Gasteiger partial charge in [0.25, 0.3) is 0 Å². The molecule has 0 aliphatic rings. The second-order valence-electron chi connectivity index (χ2n) is 4.31. The van der Waals surface area contributed by atoms with Gasteiger partial charge < -0.3 is 9.84 Å². The summed E-state index contributed by atoms with van der Waals surface area (Å²) in [7, 11) is 0. The zero-order valence-corrected chi connectivity index (χ0v) is 9.58. The Bertz CT molecular complexity index is 121. The summed E-state index contributed by atoms with van der Waals surface area (Å²) in [6, 6.07) is 0. The van der Waals surface area contributed by atoms with E-state index in [4.69, 9.17) is 4.74 Å². The molecule has 2 heteroatoms. The van der Waals surface area contributed by atoms with Crippen LogP contribution >= 0.6 is 0 Å². The minimum absolute atomic E-state index is 0.0139. The molecular formula is C11H24O2. The lowest BCUT2D eigenvalue weighted by molar-refractivity contribution is -0.0778. The maximum atomic E-state index is 9.86. The number of aliphatic hydroxyl groups excluding tert-OH is 1. The quantitative estimate of drug-likeness (QED) is 0.694. The minimum Gasteiger partial charge on any atom is -0.390 e. The summed E-state index contributed by atoms with van der Waals surface area (Å²) in [5.41, 5.74) is 0. The summed E-state index contributed by atoms with van der Waals surface area (Å²) in [5, 5.41) is 9.86. The predicted octanol–water partition coefficient (Wildman–Crippen LogP) is 2.45. The topological polar surface area (TPSA) is 29.5 Å². The van der Waals surface area contributed by atoms with Gasteiger partial charge in [-0.15, -0.1) is 0 Å². The predicted molar refractivity (Wildman–Crippen MR) is 55.7 cm³/mol. The van der Waals surface area contributed by atoms with E-state index in [9.17, 15) is 5.11 Å². The number of aliphatic hydroxyl groups is 1. The smallest absolute Gasteiger partial charge is 0.0859 e. The highest BCUT2D eigenvalue weighted by Crippen LogP contribution is 2.17. The highest BCUT2D eigenvalue weighted by atomic mass is 16.5. The van der Waals surface area contributed by atoms with E-state index in [0.29, 0.717) is 5.92 Å². The number of rotatable bonds is 6. The molecule has 2 unspecified atom stereocenters. The molecule has 80 valence electrons. The average Bonchev–Trinajstić information content (AvgIpc) is 2.04. The Morgan fingerprint density at radius 3 is 1.92 bits per heavy atom. The van der Waals surface area contributed by atoms with E-state index in [2.05, 4.69) is 20.8 Å². The fourth-order valence-electron chi connectivity index (χ4n) is 1.32. The van der Waals surface area contributed by atoms with E-state index in [0.717, 1.165) is 13.0 Å². The van der Waals surface area contributed by atoms with Crippen molar-refractivity contribution in [3.8, 4) is 0 Å². The van der Waals surface area contributed by atoms with Crippen molar-refractivity contribution in [2.75, 3.05) is 6.61 Å². The van der Waals surface area contributed by atoms with Gasteiger partial charge in [-0.05, 0) is 18.3 Å². The van der Waals surface area contributed by atoms with Crippen LogP contribution in [0.2, 0.25) is 0 Å². The third kappa shape index (κ3) is 4.63. The Kier molecular flexibility index (Phi) is 6.35. The van der Waals surface area contributed by atoms with Crippen LogP contribution in [0, 0.1) is 11.8 Å². The SMILES string of the molecule is CCCOC(C(C)C)C(O)C(C)C. The van der Waals surface area contributed by atoms with Crippen molar-refractivity contribution in [3.05, 3.63) is 0 Å². The largest absolute Gasteiger partial charge is 0.390 e. The Balaban J connectivity index is 4.07. The number of hydrogen-bond acceptors (Lipinski definition) is 2. The van der Waals surface area contributed by atoms with E-state index >= 15 is 0 Å². The third-order valence-electron chi connectivity index (χ3n) is 2.19. The van der Waals surface area contributed by atoms with E-state index in [1.54, 1.807) is 0 Å². The monoisotopic (exact) mass is 188 g/mol. The summed E-state index contributed by atoms with van der Waals surface area (Å²) in [5.74, 6) is 0.646. The molecule has 0 aromatic rings. The molecule has 0 saturated carbocycles. The molecule has 0 heterocycles. The van der Waals surface area contributed by atoms with Gasteiger partial charge in [-0.25, -0.2) is 0 Å². The molecule has 1 N–H and O–H groups in total. The van der Waals surface area contributed by atoms with Crippen molar-refractivity contribution in [3.63, 3.8) is 0 Å². The molecule has 0 amide bonds. The molecule has 13 heavy (non-hydrogen) atoms. The fraction of sp³-hybridized carbons (Fsp3) is 1.00. The van der Waals surface area contributed by atoms with E-state index in [1.807, 2.05) is 13.8 Å². The van der Waals surface area contributed by atoms with Crippen LogP contribution in [0.3, 0.4) is 0 Å². The van der Waals surface area contributed by atoms with Crippen molar-refractivity contribution in [2.45, 2.75) is 53.2 Å². The lowest BCUT2D eigenvalue weighted by Gasteiger charge is -2.28. The highest BCUT2D eigenvalue weighted by molar-refractivity contribution is 4.74. The van der Waals surface area contributed by atoms with Crippen LogP contribution in [-0.4, -0.2) is 23.9 Å². The molecule has 0 aromatic carbocycles. The Morgan fingerprint density at radius 1 is 1.08 bits per heavy atom. The van der Waals surface area contributed by atoms with Crippen molar-refractivity contribution in [1.82, 2.24) is 0 Å². The van der Waals surface area contributed by atoms with Crippen molar-refractivity contribution >= 4 is 0 Å². The first-order valence-corrected chi connectivity index (χ1v) is 5.30. The summed E-state index contributed by atoms with van der Waals surface area (Å²) < 4.78 is 5.63. The number of hydrogen-bond donors (Lipinski definition) is 1. The van der Waals surface area contributed by atoms with Gasteiger partial charge >= 0.3 is 0 Å².